The first-order chi connectivity index (χ1) is 10.1. The number of imide groups is 1. The van der Waals surface area contributed by atoms with Gasteiger partial charge in [-0.1, -0.05) is 6.07 Å². The topological polar surface area (TPSA) is 61.4 Å². The van der Waals surface area contributed by atoms with E-state index in [0.717, 1.165) is 24.2 Å². The van der Waals surface area contributed by atoms with Crippen molar-refractivity contribution in [2.75, 3.05) is 18.0 Å². The molecule has 1 aromatic carbocycles. The van der Waals surface area contributed by atoms with Crippen LogP contribution >= 0.6 is 0 Å². The third-order valence-corrected chi connectivity index (χ3v) is 3.99. The van der Waals surface area contributed by atoms with Gasteiger partial charge in [-0.05, 0) is 55.5 Å². The van der Waals surface area contributed by atoms with Crippen LogP contribution in [-0.4, -0.2) is 25.0 Å². The van der Waals surface area contributed by atoms with E-state index in [1.54, 1.807) is 6.08 Å². The first-order valence-electron chi connectivity index (χ1n) is 7.33. The molecule has 5 nitrogen and oxygen atoms in total. The van der Waals surface area contributed by atoms with E-state index < -0.39 is 6.03 Å². The van der Waals surface area contributed by atoms with Gasteiger partial charge in [0.1, 0.15) is 5.70 Å². The molecule has 0 aliphatic carbocycles. The van der Waals surface area contributed by atoms with E-state index in [2.05, 4.69) is 27.7 Å². The molecule has 2 aliphatic heterocycles. The second-order valence-corrected chi connectivity index (χ2v) is 5.55. The summed E-state index contributed by atoms with van der Waals surface area (Å²) in [5.74, 6) is -0.375. The monoisotopic (exact) mass is 285 g/mol. The summed E-state index contributed by atoms with van der Waals surface area (Å²) in [6, 6.07) is 5.77. The standard InChI is InChI=1S/C16H19N3O2/c1-11-9-13(19-7-3-2-4-8-19)6-5-12(11)10-14-15(20)18-16(21)17-14/h5-6,9-10H,2-4,7-8H2,1H3,(H2,17,18,20,21)/b14-10-. The van der Waals surface area contributed by atoms with Gasteiger partial charge < -0.3 is 10.2 Å². The summed E-state index contributed by atoms with van der Waals surface area (Å²) < 4.78 is 0. The summed E-state index contributed by atoms with van der Waals surface area (Å²) in [5.41, 5.74) is 3.57. The number of carbonyl (C=O) groups excluding carboxylic acids is 2. The minimum Gasteiger partial charge on any atom is -0.372 e. The molecule has 2 heterocycles. The Bertz CT molecular complexity index is 616. The largest absolute Gasteiger partial charge is 0.372 e. The fraction of sp³-hybridized carbons (Fsp3) is 0.375. The van der Waals surface area contributed by atoms with Crippen LogP contribution in [0.3, 0.4) is 0 Å². The number of nitrogens with one attached hydrogen (secondary N) is 2. The number of carbonyl (C=O) groups is 2. The Morgan fingerprint density at radius 1 is 1.10 bits per heavy atom. The fourth-order valence-electron chi connectivity index (χ4n) is 2.81. The first-order valence-corrected chi connectivity index (χ1v) is 7.33. The van der Waals surface area contributed by atoms with E-state index in [9.17, 15) is 9.59 Å². The zero-order valence-corrected chi connectivity index (χ0v) is 12.1. The number of piperidine rings is 1. The lowest BCUT2D eigenvalue weighted by molar-refractivity contribution is -0.115. The highest BCUT2D eigenvalue weighted by Crippen LogP contribution is 2.24. The number of rotatable bonds is 2. The number of benzene rings is 1. The van der Waals surface area contributed by atoms with Crippen LogP contribution in [0.5, 0.6) is 0 Å². The SMILES string of the molecule is Cc1cc(N2CCCCC2)ccc1/C=C1\NC(=O)NC1=O. The van der Waals surface area contributed by atoms with Crippen LogP contribution in [0.2, 0.25) is 0 Å². The summed E-state index contributed by atoms with van der Waals surface area (Å²) >= 11 is 0. The van der Waals surface area contributed by atoms with Gasteiger partial charge in [0.25, 0.3) is 5.91 Å². The maximum Gasteiger partial charge on any atom is 0.326 e. The van der Waals surface area contributed by atoms with Crippen molar-refractivity contribution in [3.8, 4) is 0 Å². The first kappa shape index (κ1) is 13.7. The molecule has 2 aliphatic rings. The van der Waals surface area contributed by atoms with Crippen LogP contribution in [0.25, 0.3) is 6.08 Å². The number of anilines is 1. The molecule has 110 valence electrons. The predicted octanol–water partition coefficient (Wildman–Crippen LogP) is 2.17. The molecule has 2 fully saturated rings. The van der Waals surface area contributed by atoms with Crippen molar-refractivity contribution in [1.82, 2.24) is 10.6 Å². The average molecular weight is 285 g/mol. The molecule has 3 amide bonds. The lowest BCUT2D eigenvalue weighted by Gasteiger charge is -2.29. The normalized spacial score (nSPS) is 20.6. The third kappa shape index (κ3) is 2.91. The highest BCUT2D eigenvalue weighted by molar-refractivity contribution is 6.14. The Kier molecular flexibility index (Phi) is 3.64. The summed E-state index contributed by atoms with van der Waals surface area (Å²) in [5, 5.41) is 4.71. The number of amides is 3. The van der Waals surface area contributed by atoms with Crippen LogP contribution < -0.4 is 15.5 Å². The Morgan fingerprint density at radius 2 is 1.86 bits per heavy atom. The predicted molar refractivity (Wildman–Crippen MR) is 81.9 cm³/mol. The van der Waals surface area contributed by atoms with Crippen LogP contribution in [0.15, 0.2) is 23.9 Å². The van der Waals surface area contributed by atoms with Crippen molar-refractivity contribution < 1.29 is 9.59 Å². The second kappa shape index (κ2) is 5.60. The van der Waals surface area contributed by atoms with Crippen molar-refractivity contribution in [2.24, 2.45) is 0 Å². The van der Waals surface area contributed by atoms with E-state index in [0.29, 0.717) is 5.70 Å². The smallest absolute Gasteiger partial charge is 0.326 e. The summed E-state index contributed by atoms with van der Waals surface area (Å²) in [6.07, 6.45) is 5.53. The number of aryl methyl sites for hydroxylation is 1. The van der Waals surface area contributed by atoms with Crippen molar-refractivity contribution in [2.45, 2.75) is 26.2 Å². The molecule has 0 bridgehead atoms. The summed E-state index contributed by atoms with van der Waals surface area (Å²) in [4.78, 5) is 25.1. The second-order valence-electron chi connectivity index (χ2n) is 5.55. The molecule has 0 atom stereocenters. The van der Waals surface area contributed by atoms with Gasteiger partial charge in [-0.3, -0.25) is 10.1 Å². The molecular formula is C16H19N3O2. The van der Waals surface area contributed by atoms with Crippen molar-refractivity contribution >= 4 is 23.7 Å². The van der Waals surface area contributed by atoms with Crippen molar-refractivity contribution in [3.63, 3.8) is 0 Å². The molecule has 0 spiro atoms. The molecule has 1 aromatic rings. The van der Waals surface area contributed by atoms with Crippen LogP contribution in [0.4, 0.5) is 10.5 Å². The van der Waals surface area contributed by atoms with Gasteiger partial charge in [-0.25, -0.2) is 4.79 Å². The van der Waals surface area contributed by atoms with Crippen molar-refractivity contribution in [1.29, 1.82) is 0 Å². The van der Waals surface area contributed by atoms with Crippen LogP contribution in [0, 0.1) is 6.92 Å². The third-order valence-electron chi connectivity index (χ3n) is 3.99. The van der Waals surface area contributed by atoms with Gasteiger partial charge in [0.15, 0.2) is 0 Å². The lowest BCUT2D eigenvalue weighted by Crippen LogP contribution is -2.29. The number of hydrogen-bond donors (Lipinski definition) is 2. The Hall–Kier alpha value is -2.30. The Labute approximate surface area is 124 Å². The molecule has 0 aromatic heterocycles. The van der Waals surface area contributed by atoms with Crippen LogP contribution in [0.1, 0.15) is 30.4 Å². The minimum absolute atomic E-state index is 0.300. The zero-order valence-electron chi connectivity index (χ0n) is 12.1. The summed E-state index contributed by atoms with van der Waals surface area (Å²) in [7, 11) is 0. The van der Waals surface area contributed by atoms with Crippen LogP contribution in [-0.2, 0) is 4.79 Å². The van der Waals surface area contributed by atoms with E-state index >= 15 is 0 Å². The lowest BCUT2D eigenvalue weighted by atomic mass is 10.0. The Balaban J connectivity index is 1.83. The fourth-order valence-corrected chi connectivity index (χ4v) is 2.81. The molecule has 0 radical (unpaired) electrons. The molecule has 2 N–H and O–H groups in total. The maximum absolute atomic E-state index is 11.5. The van der Waals surface area contributed by atoms with E-state index in [4.69, 9.17) is 0 Å². The number of nitrogens with zero attached hydrogens (tertiary/aromatic N) is 1. The highest BCUT2D eigenvalue weighted by atomic mass is 16.2. The molecular weight excluding hydrogens is 266 g/mol. The quantitative estimate of drug-likeness (QED) is 0.646. The molecule has 5 heteroatoms. The number of urea groups is 1. The van der Waals surface area contributed by atoms with Gasteiger partial charge in [-0.15, -0.1) is 0 Å². The highest BCUT2D eigenvalue weighted by Gasteiger charge is 2.23. The molecule has 2 saturated heterocycles. The maximum atomic E-state index is 11.5. The number of hydrogen-bond acceptors (Lipinski definition) is 3. The molecule has 0 saturated carbocycles. The van der Waals surface area contributed by atoms with Gasteiger partial charge >= 0.3 is 6.03 Å². The summed E-state index contributed by atoms with van der Waals surface area (Å²) in [6.45, 7) is 4.24. The average Bonchev–Trinajstić information content (AvgIpc) is 2.80. The van der Waals surface area contributed by atoms with Gasteiger partial charge in [-0.2, -0.15) is 0 Å². The van der Waals surface area contributed by atoms with Crippen molar-refractivity contribution in [3.05, 3.63) is 35.0 Å². The minimum atomic E-state index is -0.464. The van der Waals surface area contributed by atoms with E-state index in [1.807, 2.05) is 13.0 Å². The van der Waals surface area contributed by atoms with Gasteiger partial charge in [0, 0.05) is 18.8 Å². The van der Waals surface area contributed by atoms with E-state index in [-0.39, 0.29) is 5.91 Å². The van der Waals surface area contributed by atoms with Gasteiger partial charge in [0.05, 0.1) is 0 Å². The molecule has 0 unspecified atom stereocenters. The van der Waals surface area contributed by atoms with E-state index in [1.165, 1.54) is 24.9 Å². The molecule has 3 rings (SSSR count). The molecule has 21 heavy (non-hydrogen) atoms. The zero-order chi connectivity index (χ0) is 14.8. The Morgan fingerprint density at radius 3 is 2.48 bits per heavy atom. The van der Waals surface area contributed by atoms with Gasteiger partial charge in [0.2, 0.25) is 0 Å².